The van der Waals surface area contributed by atoms with Crippen molar-refractivity contribution in [3.8, 4) is 0 Å². The predicted molar refractivity (Wildman–Crippen MR) is 71.7 cm³/mol. The van der Waals surface area contributed by atoms with Crippen molar-refractivity contribution < 1.29 is 13.2 Å². The summed E-state index contributed by atoms with van der Waals surface area (Å²) in [6.45, 7) is 1.49. The molecule has 0 aliphatic carbocycles. The fraction of sp³-hybridized carbons (Fsp3) is 0.538. The Morgan fingerprint density at radius 1 is 1.42 bits per heavy atom. The summed E-state index contributed by atoms with van der Waals surface area (Å²) in [5.74, 6) is 0.407. The van der Waals surface area contributed by atoms with Gasteiger partial charge in [-0.25, -0.2) is 0 Å². The third kappa shape index (κ3) is 3.12. The molecule has 2 unspecified atom stereocenters. The van der Waals surface area contributed by atoms with Crippen LogP contribution in [0.1, 0.15) is 23.6 Å². The molecule has 106 valence electrons. The molecule has 0 saturated carbocycles. The van der Waals surface area contributed by atoms with E-state index in [0.717, 1.165) is 30.7 Å². The molecular formula is C13H16BrF3N2. The van der Waals surface area contributed by atoms with Gasteiger partial charge in [-0.3, -0.25) is 4.90 Å². The maximum Gasteiger partial charge on any atom is 0.416 e. The van der Waals surface area contributed by atoms with Gasteiger partial charge < -0.3 is 5.73 Å². The highest BCUT2D eigenvalue weighted by Gasteiger charge is 2.34. The number of halogens is 4. The number of hydrogen-bond acceptors (Lipinski definition) is 2. The van der Waals surface area contributed by atoms with Crippen LogP contribution in [0, 0.1) is 5.92 Å². The van der Waals surface area contributed by atoms with Gasteiger partial charge in [0.15, 0.2) is 0 Å². The molecule has 1 aromatic rings. The van der Waals surface area contributed by atoms with E-state index in [1.807, 2.05) is 7.05 Å². The van der Waals surface area contributed by atoms with Crippen LogP contribution in [0.2, 0.25) is 0 Å². The van der Waals surface area contributed by atoms with Crippen LogP contribution in [0.15, 0.2) is 22.7 Å². The lowest BCUT2D eigenvalue weighted by molar-refractivity contribution is -0.137. The average molecular weight is 337 g/mol. The second-order valence-corrected chi connectivity index (χ2v) is 5.88. The Labute approximate surface area is 118 Å². The van der Waals surface area contributed by atoms with Crippen LogP contribution in [-0.2, 0) is 6.18 Å². The number of nitrogens with two attached hydrogens (primary N) is 1. The van der Waals surface area contributed by atoms with Crippen LogP contribution in [0.4, 0.5) is 13.2 Å². The van der Waals surface area contributed by atoms with E-state index in [9.17, 15) is 13.2 Å². The maximum absolute atomic E-state index is 12.6. The number of hydrogen-bond donors (Lipinski definition) is 1. The molecular weight excluding hydrogens is 321 g/mol. The van der Waals surface area contributed by atoms with Crippen LogP contribution < -0.4 is 5.73 Å². The number of benzene rings is 1. The Kier molecular flexibility index (Phi) is 4.23. The molecule has 0 amide bonds. The smallest absolute Gasteiger partial charge is 0.330 e. The predicted octanol–water partition coefficient (Wildman–Crippen LogP) is 3.42. The molecule has 2 atom stereocenters. The highest BCUT2D eigenvalue weighted by atomic mass is 79.9. The Hall–Kier alpha value is -0.590. The molecule has 0 radical (unpaired) electrons. The largest absolute Gasteiger partial charge is 0.416 e. The van der Waals surface area contributed by atoms with Crippen molar-refractivity contribution >= 4 is 15.9 Å². The summed E-state index contributed by atoms with van der Waals surface area (Å²) in [6.07, 6.45) is -3.42. The van der Waals surface area contributed by atoms with E-state index in [-0.39, 0.29) is 6.04 Å². The lowest BCUT2D eigenvalue weighted by atomic mass is 9.99. The van der Waals surface area contributed by atoms with Gasteiger partial charge in [-0.05, 0) is 43.6 Å². The van der Waals surface area contributed by atoms with Crippen LogP contribution in [0.25, 0.3) is 0 Å². The minimum atomic E-state index is -4.30. The first kappa shape index (κ1) is 14.8. The molecule has 2 rings (SSSR count). The lowest BCUT2D eigenvalue weighted by Crippen LogP contribution is -2.20. The van der Waals surface area contributed by atoms with E-state index in [0.29, 0.717) is 16.9 Å². The molecule has 1 aliphatic rings. The van der Waals surface area contributed by atoms with Gasteiger partial charge >= 0.3 is 6.18 Å². The molecule has 2 N–H and O–H groups in total. The van der Waals surface area contributed by atoms with Gasteiger partial charge in [0.05, 0.1) is 5.56 Å². The van der Waals surface area contributed by atoms with Crippen molar-refractivity contribution in [2.45, 2.75) is 18.6 Å². The standard InChI is InChI=1S/C13H16BrF3N2/c1-19-7-8(6-18)4-12(19)10-3-2-9(5-11(10)14)13(15,16)17/h2-3,5,8,12H,4,6-7,18H2,1H3. The number of rotatable bonds is 2. The van der Waals surface area contributed by atoms with Gasteiger partial charge in [0.2, 0.25) is 0 Å². The van der Waals surface area contributed by atoms with Crippen molar-refractivity contribution in [1.29, 1.82) is 0 Å². The van der Waals surface area contributed by atoms with E-state index in [1.165, 1.54) is 0 Å². The van der Waals surface area contributed by atoms with Gasteiger partial charge in [0.25, 0.3) is 0 Å². The molecule has 0 bridgehead atoms. The van der Waals surface area contributed by atoms with Crippen molar-refractivity contribution in [3.63, 3.8) is 0 Å². The SMILES string of the molecule is CN1CC(CN)CC1c1ccc(C(F)(F)F)cc1Br. The summed E-state index contributed by atoms with van der Waals surface area (Å²) in [7, 11) is 1.98. The summed E-state index contributed by atoms with van der Waals surface area (Å²) in [5, 5.41) is 0. The third-order valence-electron chi connectivity index (χ3n) is 3.65. The van der Waals surface area contributed by atoms with E-state index in [2.05, 4.69) is 20.8 Å². The molecule has 1 aliphatic heterocycles. The molecule has 2 nitrogen and oxygen atoms in total. The lowest BCUT2D eigenvalue weighted by Gasteiger charge is -2.21. The molecule has 0 aromatic heterocycles. The summed E-state index contributed by atoms with van der Waals surface area (Å²) in [4.78, 5) is 2.14. The minimum Gasteiger partial charge on any atom is -0.330 e. The summed E-state index contributed by atoms with van der Waals surface area (Å²) < 4.78 is 38.4. The van der Waals surface area contributed by atoms with E-state index < -0.39 is 11.7 Å². The van der Waals surface area contributed by atoms with Gasteiger partial charge in [-0.1, -0.05) is 22.0 Å². The van der Waals surface area contributed by atoms with Crippen molar-refractivity contribution in [3.05, 3.63) is 33.8 Å². The van der Waals surface area contributed by atoms with E-state index >= 15 is 0 Å². The van der Waals surface area contributed by atoms with Crippen molar-refractivity contribution in [1.82, 2.24) is 4.90 Å². The molecule has 19 heavy (non-hydrogen) atoms. The van der Waals surface area contributed by atoms with E-state index in [4.69, 9.17) is 5.73 Å². The van der Waals surface area contributed by atoms with Crippen molar-refractivity contribution in [2.75, 3.05) is 20.1 Å². The summed E-state index contributed by atoms with van der Waals surface area (Å²) >= 11 is 3.26. The minimum absolute atomic E-state index is 0.130. The second-order valence-electron chi connectivity index (χ2n) is 5.03. The fourth-order valence-corrected chi connectivity index (χ4v) is 3.26. The number of nitrogens with zero attached hydrogens (tertiary/aromatic N) is 1. The first-order valence-electron chi connectivity index (χ1n) is 6.10. The van der Waals surface area contributed by atoms with Gasteiger partial charge in [-0.15, -0.1) is 0 Å². The number of alkyl halides is 3. The van der Waals surface area contributed by atoms with Gasteiger partial charge in [0, 0.05) is 17.1 Å². The Morgan fingerprint density at radius 2 is 2.11 bits per heavy atom. The third-order valence-corrected chi connectivity index (χ3v) is 4.34. The molecule has 6 heteroatoms. The zero-order chi connectivity index (χ0) is 14.2. The van der Waals surface area contributed by atoms with Gasteiger partial charge in [-0.2, -0.15) is 13.2 Å². The zero-order valence-electron chi connectivity index (χ0n) is 10.5. The highest BCUT2D eigenvalue weighted by Crippen LogP contribution is 2.39. The first-order valence-corrected chi connectivity index (χ1v) is 6.89. The second kappa shape index (κ2) is 5.42. The molecule has 1 saturated heterocycles. The Balaban J connectivity index is 2.27. The highest BCUT2D eigenvalue weighted by molar-refractivity contribution is 9.10. The maximum atomic E-state index is 12.6. The molecule has 1 aromatic carbocycles. The molecule has 0 spiro atoms. The number of likely N-dealkylation sites (tertiary alicyclic amines) is 1. The Morgan fingerprint density at radius 3 is 2.58 bits per heavy atom. The van der Waals surface area contributed by atoms with Gasteiger partial charge in [0.1, 0.15) is 0 Å². The molecule has 1 fully saturated rings. The topological polar surface area (TPSA) is 29.3 Å². The first-order chi connectivity index (χ1) is 8.82. The van der Waals surface area contributed by atoms with Crippen LogP contribution >= 0.6 is 15.9 Å². The molecule has 1 heterocycles. The van der Waals surface area contributed by atoms with Crippen LogP contribution in [0.5, 0.6) is 0 Å². The average Bonchev–Trinajstić information content (AvgIpc) is 2.69. The summed E-state index contributed by atoms with van der Waals surface area (Å²) in [6, 6.07) is 3.99. The Bertz CT molecular complexity index is 462. The van der Waals surface area contributed by atoms with Crippen LogP contribution in [-0.4, -0.2) is 25.0 Å². The fourth-order valence-electron chi connectivity index (χ4n) is 2.61. The normalized spacial score (nSPS) is 24.9. The monoisotopic (exact) mass is 336 g/mol. The summed E-state index contributed by atoms with van der Waals surface area (Å²) in [5.41, 5.74) is 5.94. The van der Waals surface area contributed by atoms with E-state index in [1.54, 1.807) is 6.07 Å². The zero-order valence-corrected chi connectivity index (χ0v) is 12.1. The quantitative estimate of drug-likeness (QED) is 0.896. The van der Waals surface area contributed by atoms with Crippen molar-refractivity contribution in [2.24, 2.45) is 11.7 Å². The van der Waals surface area contributed by atoms with Crippen LogP contribution in [0.3, 0.4) is 0 Å².